The number of fused-ring (bicyclic) bond motifs is 1. The lowest BCUT2D eigenvalue weighted by molar-refractivity contribution is -0.136. The molecule has 48 heavy (non-hydrogen) atoms. The molecule has 1 aliphatic heterocycles. The lowest BCUT2D eigenvalue weighted by Crippen LogP contribution is -2.46. The number of carbonyl (C=O) groups is 4. The monoisotopic (exact) mass is 661 g/mol. The zero-order chi connectivity index (χ0) is 34.2. The van der Waals surface area contributed by atoms with Gasteiger partial charge in [-0.1, -0.05) is 49.3 Å². The summed E-state index contributed by atoms with van der Waals surface area (Å²) in [6, 6.07) is 9.10. The predicted octanol–water partition coefficient (Wildman–Crippen LogP) is 2.74. The fraction of sp³-hybridized carbons (Fsp3) is 0.543. The van der Waals surface area contributed by atoms with Crippen LogP contribution >= 0.6 is 0 Å². The molecule has 2 aromatic heterocycles. The Morgan fingerprint density at radius 1 is 1.08 bits per heavy atom. The molecule has 2 aliphatic rings. The van der Waals surface area contributed by atoms with Crippen LogP contribution in [0.25, 0.3) is 11.3 Å². The smallest absolute Gasteiger partial charge is 0.272 e. The Bertz CT molecular complexity index is 1600. The number of aliphatic hydroxyl groups is 1. The van der Waals surface area contributed by atoms with Crippen LogP contribution < -0.4 is 10.6 Å². The number of nitrogens with one attached hydrogen (secondary N) is 2. The predicted molar refractivity (Wildman–Crippen MR) is 178 cm³/mol. The maximum Gasteiger partial charge on any atom is 0.272 e. The summed E-state index contributed by atoms with van der Waals surface area (Å²) in [4.78, 5) is 57.4. The Morgan fingerprint density at radius 3 is 2.62 bits per heavy atom. The van der Waals surface area contributed by atoms with Crippen molar-refractivity contribution in [2.45, 2.75) is 78.3 Å². The lowest BCUT2D eigenvalue weighted by atomic mass is 9.91. The van der Waals surface area contributed by atoms with Crippen molar-refractivity contribution in [2.24, 2.45) is 5.92 Å². The average molecular weight is 662 g/mol. The van der Waals surface area contributed by atoms with Crippen LogP contribution in [0.3, 0.4) is 0 Å². The molecular formula is C35H47N7O6. The van der Waals surface area contributed by atoms with E-state index in [0.29, 0.717) is 67.3 Å². The van der Waals surface area contributed by atoms with Crippen molar-refractivity contribution in [3.05, 3.63) is 58.6 Å². The van der Waals surface area contributed by atoms with Gasteiger partial charge < -0.3 is 30.1 Å². The Balaban J connectivity index is 1.44. The minimum atomic E-state index is -0.324. The van der Waals surface area contributed by atoms with E-state index in [4.69, 9.17) is 9.62 Å². The second-order valence-corrected chi connectivity index (χ2v) is 13.1. The number of rotatable bonds is 8. The van der Waals surface area contributed by atoms with E-state index >= 15 is 0 Å². The van der Waals surface area contributed by atoms with E-state index < -0.39 is 0 Å². The first-order valence-electron chi connectivity index (χ1n) is 17.0. The minimum absolute atomic E-state index is 0.103. The SMILES string of the molecule is Cc1onc(-c2ccccc2)c1C(=O)N1CCCC(=O)N(CCCO)CC(=O)NC2CCc3c(c(nn3CCC(C)C)C(=O)NCC1)C2. The summed E-state index contributed by atoms with van der Waals surface area (Å²) in [5.41, 5.74) is 3.67. The highest BCUT2D eigenvalue weighted by atomic mass is 16.5. The largest absolute Gasteiger partial charge is 0.396 e. The van der Waals surface area contributed by atoms with Gasteiger partial charge in [-0.15, -0.1) is 0 Å². The van der Waals surface area contributed by atoms with E-state index in [2.05, 4.69) is 29.6 Å². The normalized spacial score (nSPS) is 18.1. The van der Waals surface area contributed by atoms with Crippen LogP contribution in [0.2, 0.25) is 0 Å². The highest BCUT2D eigenvalue weighted by Crippen LogP contribution is 2.28. The van der Waals surface area contributed by atoms with Crippen LogP contribution in [0.1, 0.15) is 83.8 Å². The van der Waals surface area contributed by atoms with Gasteiger partial charge >= 0.3 is 0 Å². The van der Waals surface area contributed by atoms with Crippen molar-refractivity contribution in [3.63, 3.8) is 0 Å². The number of carbonyl (C=O) groups excluding carboxylic acids is 4. The van der Waals surface area contributed by atoms with Crippen LogP contribution in [0.4, 0.5) is 0 Å². The second kappa shape index (κ2) is 16.1. The Kier molecular flexibility index (Phi) is 11.6. The number of hydrogen-bond acceptors (Lipinski definition) is 8. The van der Waals surface area contributed by atoms with Gasteiger partial charge in [-0.25, -0.2) is 0 Å². The second-order valence-electron chi connectivity index (χ2n) is 13.1. The fourth-order valence-electron chi connectivity index (χ4n) is 6.42. The average Bonchev–Trinajstić information content (AvgIpc) is 3.64. The molecule has 258 valence electrons. The molecule has 3 aromatic rings. The summed E-state index contributed by atoms with van der Waals surface area (Å²) in [5, 5.41) is 24.5. The number of nitrogens with zero attached hydrogens (tertiary/aromatic N) is 5. The number of amides is 4. The first kappa shape index (κ1) is 34.8. The van der Waals surface area contributed by atoms with E-state index in [1.807, 2.05) is 35.0 Å². The van der Waals surface area contributed by atoms with Gasteiger partial charge in [0.1, 0.15) is 17.0 Å². The van der Waals surface area contributed by atoms with Gasteiger partial charge in [-0.2, -0.15) is 5.10 Å². The zero-order valence-corrected chi connectivity index (χ0v) is 28.2. The van der Waals surface area contributed by atoms with Crippen molar-refractivity contribution in [2.75, 3.05) is 39.3 Å². The van der Waals surface area contributed by atoms with E-state index in [9.17, 15) is 24.3 Å². The summed E-state index contributed by atoms with van der Waals surface area (Å²) < 4.78 is 7.40. The highest BCUT2D eigenvalue weighted by molar-refractivity contribution is 6.01. The van der Waals surface area contributed by atoms with Gasteiger partial charge in [-0.3, -0.25) is 23.9 Å². The molecule has 1 unspecified atom stereocenters. The van der Waals surface area contributed by atoms with Crippen LogP contribution in [-0.2, 0) is 29.0 Å². The van der Waals surface area contributed by atoms with Crippen molar-refractivity contribution < 1.29 is 28.8 Å². The summed E-state index contributed by atoms with van der Waals surface area (Å²) >= 11 is 0. The number of aryl methyl sites for hydroxylation is 2. The standard InChI is InChI=1S/C35H47N7O6/c1-23(2)14-18-42-28-13-12-26-21-27(28)33(38-42)34(46)36-15-19-40(16-7-11-30(45)41(17-8-20-43)22-29(44)37-26)35(47)31-24(3)48-39-32(31)25-9-5-4-6-10-25/h4-6,9-10,23,26,43H,7-8,11-22H2,1-3H3,(H,36,46)(H,37,44). The van der Waals surface area contributed by atoms with Gasteiger partial charge in [-0.05, 0) is 51.4 Å². The van der Waals surface area contributed by atoms with E-state index in [0.717, 1.165) is 23.2 Å². The summed E-state index contributed by atoms with van der Waals surface area (Å²) in [5.74, 6) is -0.319. The number of hydrogen-bond donors (Lipinski definition) is 3. The fourth-order valence-corrected chi connectivity index (χ4v) is 6.42. The van der Waals surface area contributed by atoms with Crippen LogP contribution in [0, 0.1) is 12.8 Å². The molecule has 1 aromatic carbocycles. The minimum Gasteiger partial charge on any atom is -0.396 e. The molecule has 1 aliphatic carbocycles. The zero-order valence-electron chi connectivity index (χ0n) is 28.2. The van der Waals surface area contributed by atoms with Crippen LogP contribution in [-0.4, -0.2) is 98.8 Å². The molecule has 0 saturated carbocycles. The van der Waals surface area contributed by atoms with Gasteiger partial charge in [0.05, 0.1) is 6.54 Å². The molecule has 0 spiro atoms. The van der Waals surface area contributed by atoms with Crippen LogP contribution in [0.15, 0.2) is 34.9 Å². The first-order valence-corrected chi connectivity index (χ1v) is 17.0. The van der Waals surface area contributed by atoms with Crippen molar-refractivity contribution >= 4 is 23.6 Å². The molecule has 13 nitrogen and oxygen atoms in total. The Morgan fingerprint density at radius 2 is 1.88 bits per heavy atom. The summed E-state index contributed by atoms with van der Waals surface area (Å²) in [7, 11) is 0. The maximum atomic E-state index is 14.1. The molecule has 5 rings (SSSR count). The topological polar surface area (TPSA) is 163 Å². The quantitative estimate of drug-likeness (QED) is 0.332. The van der Waals surface area contributed by atoms with E-state index in [-0.39, 0.29) is 75.4 Å². The molecule has 3 heterocycles. The maximum absolute atomic E-state index is 14.1. The summed E-state index contributed by atoms with van der Waals surface area (Å²) in [6.07, 6.45) is 3.51. The Labute approximate surface area is 281 Å². The molecule has 0 radical (unpaired) electrons. The van der Waals surface area contributed by atoms with Gasteiger partial charge in [0, 0.05) is 68.6 Å². The number of benzene rings is 1. The van der Waals surface area contributed by atoms with Gasteiger partial charge in [0.25, 0.3) is 11.8 Å². The number of aromatic nitrogens is 3. The molecule has 0 fully saturated rings. The van der Waals surface area contributed by atoms with Crippen LogP contribution in [0.5, 0.6) is 0 Å². The third-order valence-electron chi connectivity index (χ3n) is 9.02. The van der Waals surface area contributed by atoms with Crippen molar-refractivity contribution in [3.8, 4) is 11.3 Å². The number of aliphatic hydroxyl groups excluding tert-OH is 1. The van der Waals surface area contributed by atoms with Gasteiger partial charge in [0.2, 0.25) is 11.8 Å². The third kappa shape index (κ3) is 8.30. The molecule has 13 heteroatoms. The molecule has 4 amide bonds. The van der Waals surface area contributed by atoms with E-state index in [1.165, 1.54) is 4.90 Å². The highest BCUT2D eigenvalue weighted by Gasteiger charge is 2.31. The van der Waals surface area contributed by atoms with Gasteiger partial charge in [0.15, 0.2) is 5.69 Å². The van der Waals surface area contributed by atoms with Crippen molar-refractivity contribution in [1.29, 1.82) is 0 Å². The molecular weight excluding hydrogens is 614 g/mol. The molecule has 3 N–H and O–H groups in total. The third-order valence-corrected chi connectivity index (χ3v) is 9.02. The van der Waals surface area contributed by atoms with Crippen molar-refractivity contribution in [1.82, 2.24) is 35.4 Å². The molecule has 0 saturated heterocycles. The van der Waals surface area contributed by atoms with E-state index in [1.54, 1.807) is 11.8 Å². The first-order chi connectivity index (χ1) is 23.2. The molecule has 1 atom stereocenters. The Hall–Kier alpha value is -4.52. The molecule has 2 bridgehead atoms. The summed E-state index contributed by atoms with van der Waals surface area (Å²) in [6.45, 7) is 7.25. The lowest BCUT2D eigenvalue weighted by Gasteiger charge is -2.27.